The van der Waals surface area contributed by atoms with Crippen LogP contribution in [0.25, 0.3) is 28.0 Å². The molecule has 12 heteroatoms. The summed E-state index contributed by atoms with van der Waals surface area (Å²) in [5, 5.41) is 9.75. The predicted octanol–water partition coefficient (Wildman–Crippen LogP) is 3.50. The van der Waals surface area contributed by atoms with Crippen molar-refractivity contribution in [3.63, 3.8) is 0 Å². The summed E-state index contributed by atoms with van der Waals surface area (Å²) in [4.78, 5) is 19.2. The normalized spacial score (nSPS) is 16.1. The molecule has 3 aromatic heterocycles. The maximum absolute atomic E-state index is 13.8. The van der Waals surface area contributed by atoms with Crippen LogP contribution in [0.1, 0.15) is 31.1 Å². The van der Waals surface area contributed by atoms with Crippen LogP contribution in [0.2, 0.25) is 12.1 Å². The quantitative estimate of drug-likeness (QED) is 0.382. The molecule has 0 amide bonds. The first-order valence-electron chi connectivity index (χ1n) is 10.0. The van der Waals surface area contributed by atoms with Crippen LogP contribution >= 0.6 is 11.6 Å². The van der Waals surface area contributed by atoms with Crippen LogP contribution in [0.15, 0.2) is 30.6 Å². The maximum atomic E-state index is 13.8. The number of hydrogen-bond acceptors (Lipinski definition) is 6. The number of piperidine rings is 1. The molecule has 1 N–H and O–H groups in total. The summed E-state index contributed by atoms with van der Waals surface area (Å²) >= 11 is 6.23. The van der Waals surface area contributed by atoms with Gasteiger partial charge in [0.05, 0.1) is 17.4 Å². The van der Waals surface area contributed by atoms with Crippen molar-refractivity contribution < 1.29 is 13.8 Å². The fourth-order valence-electron chi connectivity index (χ4n) is 4.25. The Labute approximate surface area is 181 Å². The number of benzene rings is 1. The SMILES string of the molecule is CB(O)N1CCC(n2cnc3c(-n4c(C(F)F)nc5ccccc54)nc(Cl)nc32)CC1. The lowest BCUT2D eigenvalue weighted by Crippen LogP contribution is -2.43. The number of para-hydroxylation sites is 2. The average Bonchev–Trinajstić information content (AvgIpc) is 3.35. The zero-order valence-corrected chi connectivity index (χ0v) is 17.4. The van der Waals surface area contributed by atoms with Gasteiger partial charge in [-0.3, -0.25) is 4.57 Å². The Morgan fingerprint density at radius 1 is 1.16 bits per heavy atom. The molecule has 1 aliphatic rings. The van der Waals surface area contributed by atoms with E-state index in [1.165, 1.54) is 4.57 Å². The summed E-state index contributed by atoms with van der Waals surface area (Å²) < 4.78 is 30.9. The van der Waals surface area contributed by atoms with E-state index < -0.39 is 19.3 Å². The largest absolute Gasteiger partial charge is 0.437 e. The number of aromatic nitrogens is 6. The monoisotopic (exact) mass is 445 g/mol. The van der Waals surface area contributed by atoms with Crippen LogP contribution in [-0.4, -0.2) is 59.0 Å². The summed E-state index contributed by atoms with van der Waals surface area (Å²) in [5.74, 6) is -0.240. The number of rotatable bonds is 4. The van der Waals surface area contributed by atoms with E-state index in [0.717, 1.165) is 25.9 Å². The van der Waals surface area contributed by atoms with Gasteiger partial charge >= 0.3 is 7.05 Å². The first-order chi connectivity index (χ1) is 14.9. The molecule has 0 bridgehead atoms. The van der Waals surface area contributed by atoms with E-state index in [1.807, 2.05) is 9.38 Å². The second-order valence-corrected chi connectivity index (χ2v) is 7.97. The maximum Gasteiger partial charge on any atom is 0.376 e. The number of halogens is 3. The number of fused-ring (bicyclic) bond motifs is 2. The van der Waals surface area contributed by atoms with Crippen LogP contribution in [0.4, 0.5) is 8.78 Å². The molecule has 31 heavy (non-hydrogen) atoms. The van der Waals surface area contributed by atoms with E-state index in [-0.39, 0.29) is 17.1 Å². The molecule has 0 radical (unpaired) electrons. The molecular weight excluding hydrogens is 427 g/mol. The van der Waals surface area contributed by atoms with Gasteiger partial charge in [-0.15, -0.1) is 0 Å². The molecule has 0 spiro atoms. The van der Waals surface area contributed by atoms with Gasteiger partial charge in [0.1, 0.15) is 0 Å². The second-order valence-electron chi connectivity index (χ2n) is 7.63. The van der Waals surface area contributed by atoms with E-state index in [9.17, 15) is 13.8 Å². The van der Waals surface area contributed by atoms with Gasteiger partial charge < -0.3 is 14.4 Å². The molecule has 0 saturated carbocycles. The molecule has 4 aromatic rings. The third-order valence-electron chi connectivity index (χ3n) is 5.79. The zero-order chi connectivity index (χ0) is 21.7. The molecule has 1 aliphatic heterocycles. The van der Waals surface area contributed by atoms with Crippen molar-refractivity contribution >= 4 is 40.8 Å². The van der Waals surface area contributed by atoms with Crippen molar-refractivity contribution in [2.45, 2.75) is 32.1 Å². The van der Waals surface area contributed by atoms with E-state index in [4.69, 9.17) is 11.6 Å². The summed E-state index contributed by atoms with van der Waals surface area (Å²) in [6.45, 7) is 3.22. The highest BCUT2D eigenvalue weighted by Crippen LogP contribution is 2.32. The minimum Gasteiger partial charge on any atom is -0.437 e. The van der Waals surface area contributed by atoms with Gasteiger partial charge in [-0.1, -0.05) is 12.1 Å². The van der Waals surface area contributed by atoms with Crippen molar-refractivity contribution in [3.8, 4) is 5.82 Å². The van der Waals surface area contributed by atoms with Crippen molar-refractivity contribution in [1.82, 2.24) is 33.9 Å². The molecule has 1 fully saturated rings. The lowest BCUT2D eigenvalue weighted by atomic mass is 9.82. The molecule has 160 valence electrons. The highest BCUT2D eigenvalue weighted by molar-refractivity contribution is 6.45. The van der Waals surface area contributed by atoms with Crippen molar-refractivity contribution in [2.75, 3.05) is 13.1 Å². The Morgan fingerprint density at radius 2 is 1.90 bits per heavy atom. The molecule has 4 heterocycles. The van der Waals surface area contributed by atoms with Gasteiger partial charge in [0.15, 0.2) is 22.8 Å². The predicted molar refractivity (Wildman–Crippen MR) is 114 cm³/mol. The summed E-state index contributed by atoms with van der Waals surface area (Å²) in [7, 11) is -0.494. The number of nitrogens with zero attached hydrogens (tertiary/aromatic N) is 7. The molecule has 0 atom stereocenters. The van der Waals surface area contributed by atoms with E-state index >= 15 is 0 Å². The van der Waals surface area contributed by atoms with E-state index in [2.05, 4.69) is 19.9 Å². The van der Waals surface area contributed by atoms with Crippen LogP contribution in [0.3, 0.4) is 0 Å². The summed E-state index contributed by atoms with van der Waals surface area (Å²) in [6, 6.07) is 6.98. The van der Waals surface area contributed by atoms with Crippen LogP contribution in [0.5, 0.6) is 0 Å². The Balaban J connectivity index is 1.65. The first-order valence-corrected chi connectivity index (χ1v) is 10.4. The number of hydrogen-bond donors (Lipinski definition) is 1. The minimum atomic E-state index is -2.80. The van der Waals surface area contributed by atoms with Gasteiger partial charge in [-0.25, -0.2) is 18.7 Å². The molecule has 8 nitrogen and oxygen atoms in total. The van der Waals surface area contributed by atoms with Crippen LogP contribution in [-0.2, 0) is 0 Å². The van der Waals surface area contributed by atoms with Crippen molar-refractivity contribution in [3.05, 3.63) is 41.7 Å². The Morgan fingerprint density at radius 3 is 2.61 bits per heavy atom. The number of imidazole rings is 2. The Kier molecular flexibility index (Phi) is 5.11. The fraction of sp³-hybridized carbons (Fsp3) is 0.368. The highest BCUT2D eigenvalue weighted by Gasteiger charge is 2.28. The molecule has 0 aliphatic carbocycles. The molecule has 1 saturated heterocycles. The first kappa shape index (κ1) is 20.3. The molecular formula is C19H19BClF2N7O. The molecule has 1 aromatic carbocycles. The fourth-order valence-corrected chi connectivity index (χ4v) is 4.41. The molecule has 5 rings (SSSR count). The van der Waals surface area contributed by atoms with Crippen LogP contribution < -0.4 is 0 Å². The summed E-state index contributed by atoms with van der Waals surface area (Å²) in [5.41, 5.74) is 1.80. The standard InChI is InChI=1S/C19H19BClF2N7O/c1-20(31)28-8-6-11(7-9-28)29-10-24-14-16(29)26-19(21)27-17(14)30-13-5-3-2-4-12(13)25-18(30)15(22)23/h2-5,10-11,15,31H,6-9H2,1H3. The molecule has 0 unspecified atom stereocenters. The van der Waals surface area contributed by atoms with Gasteiger partial charge in [0.2, 0.25) is 5.28 Å². The van der Waals surface area contributed by atoms with E-state index in [0.29, 0.717) is 22.2 Å². The van der Waals surface area contributed by atoms with Gasteiger partial charge in [-0.2, -0.15) is 9.97 Å². The van der Waals surface area contributed by atoms with E-state index in [1.54, 1.807) is 37.4 Å². The lowest BCUT2D eigenvalue weighted by Gasteiger charge is -2.33. The third-order valence-corrected chi connectivity index (χ3v) is 5.96. The smallest absolute Gasteiger partial charge is 0.376 e. The third kappa shape index (κ3) is 3.46. The Bertz CT molecular complexity index is 1250. The summed E-state index contributed by atoms with van der Waals surface area (Å²) in [6.07, 6.45) is 0.444. The minimum absolute atomic E-state index is 0.0522. The van der Waals surface area contributed by atoms with Crippen molar-refractivity contribution in [2.24, 2.45) is 0 Å². The van der Waals surface area contributed by atoms with Gasteiger partial charge in [0.25, 0.3) is 6.43 Å². The average molecular weight is 446 g/mol. The van der Waals surface area contributed by atoms with Gasteiger partial charge in [-0.05, 0) is 56.5 Å². The second kappa shape index (κ2) is 7.81. The van der Waals surface area contributed by atoms with Gasteiger partial charge in [0, 0.05) is 6.04 Å². The topological polar surface area (TPSA) is 84.9 Å². The lowest BCUT2D eigenvalue weighted by molar-refractivity contribution is 0.139. The Hall–Kier alpha value is -2.63. The number of alkyl halides is 2. The zero-order valence-electron chi connectivity index (χ0n) is 16.7. The highest BCUT2D eigenvalue weighted by atomic mass is 35.5. The van der Waals surface area contributed by atoms with Crippen molar-refractivity contribution in [1.29, 1.82) is 0 Å². The van der Waals surface area contributed by atoms with Crippen LogP contribution in [0, 0.1) is 0 Å².